The van der Waals surface area contributed by atoms with Crippen LogP contribution in [0.1, 0.15) is 33.1 Å². The third kappa shape index (κ3) is 2.21. The number of aliphatic carboxylic acids is 1. The summed E-state index contributed by atoms with van der Waals surface area (Å²) in [6.45, 7) is 4.29. The van der Waals surface area contributed by atoms with E-state index in [-0.39, 0.29) is 5.92 Å². The predicted octanol–water partition coefficient (Wildman–Crippen LogP) is 2.14. The summed E-state index contributed by atoms with van der Waals surface area (Å²) in [5.41, 5.74) is 0. The highest BCUT2D eigenvalue weighted by molar-refractivity contribution is 5.70. The number of rotatable bonds is 1. The molecule has 64 valence electrons. The van der Waals surface area contributed by atoms with Crippen LogP contribution in [0.3, 0.4) is 0 Å². The van der Waals surface area contributed by atoms with E-state index in [0.717, 1.165) is 12.8 Å². The molecule has 2 atom stereocenters. The summed E-state index contributed by atoms with van der Waals surface area (Å²) in [6.07, 6.45) is 2.95. The van der Waals surface area contributed by atoms with Gasteiger partial charge in [-0.2, -0.15) is 0 Å². The minimum absolute atomic E-state index is 0.0752. The Hall–Kier alpha value is -0.530. The summed E-state index contributed by atoms with van der Waals surface area (Å²) in [5.74, 6) is 0.511. The smallest absolute Gasteiger partial charge is 0.306 e. The van der Waals surface area contributed by atoms with Gasteiger partial charge in [0.1, 0.15) is 0 Å². The second-order valence-electron chi connectivity index (χ2n) is 3.95. The number of hydrogen-bond acceptors (Lipinski definition) is 1. The second kappa shape index (κ2) is 3.24. The van der Waals surface area contributed by atoms with Crippen molar-refractivity contribution in [2.24, 2.45) is 17.8 Å². The lowest BCUT2D eigenvalue weighted by Gasteiger charge is -2.28. The van der Waals surface area contributed by atoms with E-state index in [1.54, 1.807) is 0 Å². The Kier molecular flexibility index (Phi) is 2.53. The molecule has 2 nitrogen and oxygen atoms in total. The third-order valence-electron chi connectivity index (χ3n) is 2.53. The molecule has 0 aromatic rings. The fourth-order valence-electron chi connectivity index (χ4n) is 2.15. The van der Waals surface area contributed by atoms with Gasteiger partial charge in [0.2, 0.25) is 0 Å². The minimum Gasteiger partial charge on any atom is -0.481 e. The molecule has 1 saturated carbocycles. The number of hydrogen-bond donors (Lipinski definition) is 1. The molecular weight excluding hydrogens is 140 g/mol. The van der Waals surface area contributed by atoms with Crippen LogP contribution in [-0.4, -0.2) is 11.1 Å². The molecule has 0 heterocycles. The molecule has 1 N–H and O–H groups in total. The van der Waals surface area contributed by atoms with Crippen LogP contribution in [-0.2, 0) is 4.79 Å². The molecule has 0 radical (unpaired) electrons. The molecule has 11 heavy (non-hydrogen) atoms. The molecule has 0 amide bonds. The van der Waals surface area contributed by atoms with Gasteiger partial charge in [0.05, 0.1) is 5.92 Å². The molecule has 0 saturated heterocycles. The average molecular weight is 156 g/mol. The predicted molar refractivity (Wildman–Crippen MR) is 43.3 cm³/mol. The molecule has 1 rings (SSSR count). The Morgan fingerprint density at radius 1 is 1.18 bits per heavy atom. The first-order chi connectivity index (χ1) is 5.09. The van der Waals surface area contributed by atoms with Crippen molar-refractivity contribution in [3.8, 4) is 0 Å². The standard InChI is InChI=1S/C9H16O2/c1-6-3-7(2)5-8(4-6)9(10)11/h6-8H,3-5H2,1-2H3,(H,10,11). The van der Waals surface area contributed by atoms with E-state index in [4.69, 9.17) is 5.11 Å². The summed E-state index contributed by atoms with van der Waals surface area (Å²) in [6, 6.07) is 0. The highest BCUT2D eigenvalue weighted by Crippen LogP contribution is 2.32. The Bertz CT molecular complexity index is 144. The quantitative estimate of drug-likeness (QED) is 0.631. The zero-order valence-corrected chi connectivity index (χ0v) is 7.21. The van der Waals surface area contributed by atoms with Crippen LogP contribution in [0.15, 0.2) is 0 Å². The number of carboxylic acids is 1. The van der Waals surface area contributed by atoms with E-state index < -0.39 is 5.97 Å². The van der Waals surface area contributed by atoms with Gasteiger partial charge in [-0.05, 0) is 31.1 Å². The molecule has 2 heteroatoms. The first-order valence-electron chi connectivity index (χ1n) is 4.32. The van der Waals surface area contributed by atoms with Gasteiger partial charge in [-0.25, -0.2) is 0 Å². The van der Waals surface area contributed by atoms with Gasteiger partial charge in [-0.15, -0.1) is 0 Å². The van der Waals surface area contributed by atoms with Gasteiger partial charge < -0.3 is 5.11 Å². The van der Waals surface area contributed by atoms with Crippen molar-refractivity contribution in [2.45, 2.75) is 33.1 Å². The second-order valence-corrected chi connectivity index (χ2v) is 3.95. The SMILES string of the molecule is CC1CC(C)CC(C(=O)O)C1. The molecule has 1 aliphatic rings. The van der Waals surface area contributed by atoms with Gasteiger partial charge in [0.25, 0.3) is 0 Å². The monoisotopic (exact) mass is 156 g/mol. The van der Waals surface area contributed by atoms with E-state index >= 15 is 0 Å². The van der Waals surface area contributed by atoms with Gasteiger partial charge in [0.15, 0.2) is 0 Å². The van der Waals surface area contributed by atoms with Crippen molar-refractivity contribution < 1.29 is 9.90 Å². The highest BCUT2D eigenvalue weighted by atomic mass is 16.4. The van der Waals surface area contributed by atoms with Crippen LogP contribution in [0.5, 0.6) is 0 Å². The summed E-state index contributed by atoms with van der Waals surface area (Å²) >= 11 is 0. The van der Waals surface area contributed by atoms with Crippen LogP contribution in [0, 0.1) is 17.8 Å². The fourth-order valence-corrected chi connectivity index (χ4v) is 2.15. The minimum atomic E-state index is -0.608. The largest absolute Gasteiger partial charge is 0.481 e. The molecular formula is C9H16O2. The lowest BCUT2D eigenvalue weighted by atomic mass is 9.77. The zero-order valence-electron chi connectivity index (χ0n) is 7.21. The molecule has 2 unspecified atom stereocenters. The van der Waals surface area contributed by atoms with Crippen molar-refractivity contribution in [1.82, 2.24) is 0 Å². The average Bonchev–Trinajstić information content (AvgIpc) is 1.85. The maximum atomic E-state index is 10.6. The van der Waals surface area contributed by atoms with Crippen molar-refractivity contribution in [1.29, 1.82) is 0 Å². The van der Waals surface area contributed by atoms with Crippen LogP contribution in [0.4, 0.5) is 0 Å². The van der Waals surface area contributed by atoms with Crippen LogP contribution >= 0.6 is 0 Å². The van der Waals surface area contributed by atoms with Gasteiger partial charge in [-0.3, -0.25) is 4.79 Å². The maximum Gasteiger partial charge on any atom is 0.306 e. The summed E-state index contributed by atoms with van der Waals surface area (Å²) in [5, 5.41) is 8.77. The lowest BCUT2D eigenvalue weighted by molar-refractivity contribution is -0.143. The third-order valence-corrected chi connectivity index (χ3v) is 2.53. The normalized spacial score (nSPS) is 38.5. The van der Waals surface area contributed by atoms with E-state index in [1.165, 1.54) is 6.42 Å². The van der Waals surface area contributed by atoms with Crippen LogP contribution in [0.25, 0.3) is 0 Å². The number of carbonyl (C=O) groups is 1. The molecule has 0 aliphatic heterocycles. The van der Waals surface area contributed by atoms with Crippen LogP contribution < -0.4 is 0 Å². The molecule has 1 aliphatic carbocycles. The molecule has 0 spiro atoms. The Labute approximate surface area is 67.6 Å². The lowest BCUT2D eigenvalue weighted by Crippen LogP contribution is -2.25. The van der Waals surface area contributed by atoms with Crippen molar-refractivity contribution >= 4 is 5.97 Å². The van der Waals surface area contributed by atoms with Crippen molar-refractivity contribution in [2.75, 3.05) is 0 Å². The fraction of sp³-hybridized carbons (Fsp3) is 0.889. The molecule has 0 aromatic heterocycles. The van der Waals surface area contributed by atoms with Crippen molar-refractivity contribution in [3.05, 3.63) is 0 Å². The van der Waals surface area contributed by atoms with E-state index in [1.807, 2.05) is 0 Å². The highest BCUT2D eigenvalue weighted by Gasteiger charge is 2.28. The topological polar surface area (TPSA) is 37.3 Å². The first kappa shape index (κ1) is 8.57. The molecule has 0 aromatic carbocycles. The van der Waals surface area contributed by atoms with E-state index in [0.29, 0.717) is 11.8 Å². The summed E-state index contributed by atoms with van der Waals surface area (Å²) in [7, 11) is 0. The van der Waals surface area contributed by atoms with E-state index in [2.05, 4.69) is 13.8 Å². The van der Waals surface area contributed by atoms with E-state index in [9.17, 15) is 4.79 Å². The Morgan fingerprint density at radius 2 is 1.64 bits per heavy atom. The first-order valence-corrected chi connectivity index (χ1v) is 4.32. The Morgan fingerprint density at radius 3 is 2.00 bits per heavy atom. The van der Waals surface area contributed by atoms with Gasteiger partial charge >= 0.3 is 5.97 Å². The summed E-state index contributed by atoms with van der Waals surface area (Å²) < 4.78 is 0. The van der Waals surface area contributed by atoms with Crippen LogP contribution in [0.2, 0.25) is 0 Å². The molecule has 1 fully saturated rings. The number of carboxylic acid groups (broad SMARTS) is 1. The summed E-state index contributed by atoms with van der Waals surface area (Å²) in [4.78, 5) is 10.6. The van der Waals surface area contributed by atoms with Gasteiger partial charge in [0, 0.05) is 0 Å². The zero-order chi connectivity index (χ0) is 8.43. The molecule has 0 bridgehead atoms. The Balaban J connectivity index is 2.49. The van der Waals surface area contributed by atoms with Gasteiger partial charge in [-0.1, -0.05) is 13.8 Å². The maximum absolute atomic E-state index is 10.6. The van der Waals surface area contributed by atoms with Crippen molar-refractivity contribution in [3.63, 3.8) is 0 Å².